The van der Waals surface area contributed by atoms with Crippen LogP contribution in [-0.2, 0) is 6.42 Å². The Morgan fingerprint density at radius 2 is 1.92 bits per heavy atom. The standard InChI is InChI=1S/C11H16N/c1-3-4-5-10-6-8-11(12-2)9-7-10/h6-9,12H,2-5H2,1H3. The number of unbranched alkanes of at least 4 members (excludes halogenated alkanes) is 1. The van der Waals surface area contributed by atoms with E-state index >= 15 is 0 Å². The molecule has 0 atom stereocenters. The zero-order chi connectivity index (χ0) is 8.81. The van der Waals surface area contributed by atoms with Crippen molar-refractivity contribution in [1.29, 1.82) is 0 Å². The molecule has 0 aliphatic carbocycles. The van der Waals surface area contributed by atoms with Crippen LogP contribution in [0.5, 0.6) is 0 Å². The maximum absolute atomic E-state index is 3.60. The van der Waals surface area contributed by atoms with Crippen molar-refractivity contribution in [2.45, 2.75) is 26.2 Å². The SMILES string of the molecule is [CH2]Nc1ccc(CCCC)cc1. The van der Waals surface area contributed by atoms with Crippen LogP contribution in [-0.4, -0.2) is 0 Å². The fraction of sp³-hybridized carbons (Fsp3) is 0.364. The second-order valence-electron chi connectivity index (χ2n) is 2.98. The minimum Gasteiger partial charge on any atom is -0.383 e. The molecule has 0 amide bonds. The molecule has 0 bridgehead atoms. The summed E-state index contributed by atoms with van der Waals surface area (Å²) in [5.41, 5.74) is 2.49. The molecule has 65 valence electrons. The van der Waals surface area contributed by atoms with Gasteiger partial charge in [-0.05, 0) is 30.5 Å². The largest absolute Gasteiger partial charge is 0.383 e. The maximum Gasteiger partial charge on any atom is 0.0340 e. The van der Waals surface area contributed by atoms with Crippen LogP contribution in [0, 0.1) is 7.05 Å². The van der Waals surface area contributed by atoms with E-state index in [9.17, 15) is 0 Å². The van der Waals surface area contributed by atoms with Gasteiger partial charge in [-0.1, -0.05) is 25.5 Å². The summed E-state index contributed by atoms with van der Waals surface area (Å²) in [7, 11) is 3.60. The van der Waals surface area contributed by atoms with Crippen molar-refractivity contribution in [3.05, 3.63) is 36.9 Å². The van der Waals surface area contributed by atoms with Crippen LogP contribution in [0.2, 0.25) is 0 Å². The average molecular weight is 162 g/mol. The fourth-order valence-corrected chi connectivity index (χ4v) is 1.17. The quantitative estimate of drug-likeness (QED) is 0.716. The van der Waals surface area contributed by atoms with Gasteiger partial charge in [0.2, 0.25) is 0 Å². The van der Waals surface area contributed by atoms with Crippen molar-refractivity contribution in [2.24, 2.45) is 0 Å². The van der Waals surface area contributed by atoms with E-state index in [4.69, 9.17) is 0 Å². The van der Waals surface area contributed by atoms with Gasteiger partial charge < -0.3 is 5.32 Å². The first-order chi connectivity index (χ1) is 5.86. The second kappa shape index (κ2) is 4.81. The molecule has 0 unspecified atom stereocenters. The molecule has 12 heavy (non-hydrogen) atoms. The molecule has 0 aliphatic rings. The third-order valence-electron chi connectivity index (χ3n) is 1.98. The third-order valence-corrected chi connectivity index (χ3v) is 1.98. The van der Waals surface area contributed by atoms with Gasteiger partial charge in [-0.25, -0.2) is 0 Å². The summed E-state index contributed by atoms with van der Waals surface area (Å²) in [6.07, 6.45) is 3.72. The highest BCUT2D eigenvalue weighted by molar-refractivity contribution is 5.44. The van der Waals surface area contributed by atoms with Crippen molar-refractivity contribution in [2.75, 3.05) is 5.32 Å². The lowest BCUT2D eigenvalue weighted by Gasteiger charge is -2.02. The Hall–Kier alpha value is -0.980. The van der Waals surface area contributed by atoms with Crippen molar-refractivity contribution in [1.82, 2.24) is 0 Å². The van der Waals surface area contributed by atoms with E-state index in [0.717, 1.165) is 5.69 Å². The average Bonchev–Trinajstić information content (AvgIpc) is 2.15. The van der Waals surface area contributed by atoms with E-state index in [1.165, 1.54) is 24.8 Å². The lowest BCUT2D eigenvalue weighted by molar-refractivity contribution is 0.795. The summed E-state index contributed by atoms with van der Waals surface area (Å²) < 4.78 is 0. The Morgan fingerprint density at radius 1 is 1.25 bits per heavy atom. The molecule has 0 heterocycles. The van der Waals surface area contributed by atoms with Crippen molar-refractivity contribution < 1.29 is 0 Å². The monoisotopic (exact) mass is 162 g/mol. The van der Waals surface area contributed by atoms with Gasteiger partial charge >= 0.3 is 0 Å². The van der Waals surface area contributed by atoms with Crippen LogP contribution in [0.3, 0.4) is 0 Å². The van der Waals surface area contributed by atoms with Gasteiger partial charge in [0.1, 0.15) is 0 Å². The number of hydrogen-bond acceptors (Lipinski definition) is 1. The van der Waals surface area contributed by atoms with Gasteiger partial charge in [-0.15, -0.1) is 0 Å². The summed E-state index contributed by atoms with van der Waals surface area (Å²) in [6, 6.07) is 8.45. The van der Waals surface area contributed by atoms with Gasteiger partial charge in [0.15, 0.2) is 0 Å². The molecule has 0 aliphatic heterocycles. The van der Waals surface area contributed by atoms with E-state index < -0.39 is 0 Å². The molecule has 1 aromatic rings. The molecular formula is C11H16N. The number of nitrogens with one attached hydrogen (secondary N) is 1. The van der Waals surface area contributed by atoms with E-state index in [-0.39, 0.29) is 0 Å². The Labute approximate surface area is 74.8 Å². The van der Waals surface area contributed by atoms with E-state index in [1.54, 1.807) is 0 Å². The first-order valence-corrected chi connectivity index (χ1v) is 4.49. The highest BCUT2D eigenvalue weighted by Crippen LogP contribution is 2.10. The molecule has 0 saturated heterocycles. The zero-order valence-corrected chi connectivity index (χ0v) is 7.64. The first kappa shape index (κ1) is 9.11. The summed E-state index contributed by atoms with van der Waals surface area (Å²) in [5, 5.41) is 2.86. The lowest BCUT2D eigenvalue weighted by atomic mass is 10.1. The zero-order valence-electron chi connectivity index (χ0n) is 7.64. The van der Waals surface area contributed by atoms with Gasteiger partial charge in [0.25, 0.3) is 0 Å². The number of benzene rings is 1. The molecule has 0 fully saturated rings. The fourth-order valence-electron chi connectivity index (χ4n) is 1.17. The van der Waals surface area contributed by atoms with Crippen molar-refractivity contribution in [3.63, 3.8) is 0 Å². The normalized spacial score (nSPS) is 9.83. The van der Waals surface area contributed by atoms with Crippen LogP contribution in [0.25, 0.3) is 0 Å². The molecule has 1 aromatic carbocycles. The molecular weight excluding hydrogens is 146 g/mol. The number of hydrogen-bond donors (Lipinski definition) is 1. The van der Waals surface area contributed by atoms with E-state index in [0.29, 0.717) is 0 Å². The van der Waals surface area contributed by atoms with Crippen molar-refractivity contribution >= 4 is 5.69 Å². The van der Waals surface area contributed by atoms with Gasteiger partial charge in [-0.2, -0.15) is 0 Å². The predicted molar refractivity (Wildman–Crippen MR) is 54.0 cm³/mol. The smallest absolute Gasteiger partial charge is 0.0340 e. The number of aryl methyl sites for hydroxylation is 1. The van der Waals surface area contributed by atoms with Crippen molar-refractivity contribution in [3.8, 4) is 0 Å². The number of rotatable bonds is 4. The third kappa shape index (κ3) is 2.57. The highest BCUT2D eigenvalue weighted by Gasteiger charge is 1.91. The molecule has 1 nitrogen and oxygen atoms in total. The van der Waals surface area contributed by atoms with Crippen LogP contribution >= 0.6 is 0 Å². The van der Waals surface area contributed by atoms with E-state index in [1.807, 2.05) is 0 Å². The molecule has 0 aromatic heterocycles. The van der Waals surface area contributed by atoms with Crippen LogP contribution in [0.4, 0.5) is 5.69 Å². The minimum absolute atomic E-state index is 1.08. The lowest BCUT2D eigenvalue weighted by Crippen LogP contribution is -1.87. The van der Waals surface area contributed by atoms with Crippen LogP contribution < -0.4 is 5.32 Å². The highest BCUT2D eigenvalue weighted by atomic mass is 14.8. The summed E-state index contributed by atoms with van der Waals surface area (Å²) in [4.78, 5) is 0. The Kier molecular flexibility index (Phi) is 3.65. The van der Waals surface area contributed by atoms with Gasteiger partial charge in [0, 0.05) is 12.7 Å². The topological polar surface area (TPSA) is 12.0 Å². The molecule has 1 radical (unpaired) electrons. The summed E-state index contributed by atoms with van der Waals surface area (Å²) >= 11 is 0. The second-order valence-corrected chi connectivity index (χ2v) is 2.98. The maximum atomic E-state index is 3.60. The Morgan fingerprint density at radius 3 is 2.42 bits per heavy atom. The molecule has 1 heteroatoms. The van der Waals surface area contributed by atoms with Crippen LogP contribution in [0.1, 0.15) is 25.3 Å². The minimum atomic E-state index is 1.08. The summed E-state index contributed by atoms with van der Waals surface area (Å²) in [5.74, 6) is 0. The summed E-state index contributed by atoms with van der Waals surface area (Å²) in [6.45, 7) is 2.21. The molecule has 0 spiro atoms. The van der Waals surface area contributed by atoms with Crippen LogP contribution in [0.15, 0.2) is 24.3 Å². The van der Waals surface area contributed by atoms with E-state index in [2.05, 4.69) is 43.6 Å². The van der Waals surface area contributed by atoms with Gasteiger partial charge in [-0.3, -0.25) is 0 Å². The number of anilines is 1. The Bertz CT molecular complexity index is 213. The predicted octanol–water partition coefficient (Wildman–Crippen LogP) is 3.23. The van der Waals surface area contributed by atoms with Gasteiger partial charge in [0.05, 0.1) is 0 Å². The Balaban J connectivity index is 2.53. The molecule has 0 saturated carbocycles. The molecule has 1 N–H and O–H groups in total. The first-order valence-electron chi connectivity index (χ1n) is 4.49. The molecule has 1 rings (SSSR count).